The number of carbonyl (C=O) groups excluding carboxylic acids is 2. The second kappa shape index (κ2) is 11.0. The highest BCUT2D eigenvalue weighted by Gasteiger charge is 2.26. The topological polar surface area (TPSA) is 177 Å². The summed E-state index contributed by atoms with van der Waals surface area (Å²) in [6.45, 7) is -0.889. The van der Waals surface area contributed by atoms with Crippen molar-refractivity contribution in [1.82, 2.24) is 9.55 Å². The van der Waals surface area contributed by atoms with Crippen LogP contribution in [0.15, 0.2) is 58.1 Å². The molecule has 0 aliphatic carbocycles. The number of aromatic hydroxyl groups is 2. The van der Waals surface area contributed by atoms with Crippen molar-refractivity contribution in [3.05, 3.63) is 80.5 Å². The van der Waals surface area contributed by atoms with Crippen LogP contribution in [0.25, 0.3) is 0 Å². The number of hydrogen-bond donors (Lipinski definition) is 4. The van der Waals surface area contributed by atoms with Gasteiger partial charge in [-0.25, -0.2) is 9.59 Å². The van der Waals surface area contributed by atoms with Crippen LogP contribution in [-0.4, -0.2) is 58.5 Å². The van der Waals surface area contributed by atoms with Crippen molar-refractivity contribution in [2.24, 2.45) is 0 Å². The summed E-state index contributed by atoms with van der Waals surface area (Å²) in [6.07, 6.45) is 0. The molecule has 5 N–H and O–H groups in total. The Morgan fingerprint density at radius 3 is 2.49 bits per heavy atom. The highest BCUT2D eigenvalue weighted by atomic mass is 16.5. The van der Waals surface area contributed by atoms with Gasteiger partial charge in [-0.05, 0) is 17.7 Å². The number of benzene rings is 2. The van der Waals surface area contributed by atoms with E-state index >= 15 is 0 Å². The van der Waals surface area contributed by atoms with Crippen LogP contribution in [-0.2, 0) is 20.8 Å². The zero-order valence-electron chi connectivity index (χ0n) is 18.8. The van der Waals surface area contributed by atoms with Gasteiger partial charge >= 0.3 is 11.7 Å². The lowest BCUT2D eigenvalue weighted by Gasteiger charge is -2.24. The van der Waals surface area contributed by atoms with Crippen molar-refractivity contribution in [2.75, 3.05) is 37.5 Å². The van der Waals surface area contributed by atoms with Crippen LogP contribution in [0, 0.1) is 0 Å². The van der Waals surface area contributed by atoms with E-state index in [1.54, 1.807) is 30.3 Å². The number of nitrogens with two attached hydrogens (primary N) is 1. The number of nitrogens with zero attached hydrogens (tertiary/aromatic N) is 2. The summed E-state index contributed by atoms with van der Waals surface area (Å²) in [5.41, 5.74) is 4.68. The quantitative estimate of drug-likeness (QED) is 0.313. The van der Waals surface area contributed by atoms with E-state index in [0.29, 0.717) is 0 Å². The van der Waals surface area contributed by atoms with Gasteiger partial charge in [0.15, 0.2) is 12.3 Å². The fourth-order valence-electron chi connectivity index (χ4n) is 3.28. The molecule has 35 heavy (non-hydrogen) atoms. The van der Waals surface area contributed by atoms with Gasteiger partial charge in [0, 0.05) is 19.7 Å². The fraction of sp³-hybridized carbons (Fsp3) is 0.217. The van der Waals surface area contributed by atoms with Gasteiger partial charge in [-0.1, -0.05) is 30.3 Å². The first kappa shape index (κ1) is 25.1. The average Bonchev–Trinajstić information content (AvgIpc) is 2.82. The van der Waals surface area contributed by atoms with Gasteiger partial charge in [0.25, 0.3) is 11.5 Å². The molecule has 0 saturated carbocycles. The van der Waals surface area contributed by atoms with Crippen LogP contribution in [0.4, 0.5) is 11.5 Å². The first-order valence-corrected chi connectivity index (χ1v) is 10.4. The number of aromatic nitrogens is 2. The number of esters is 1. The summed E-state index contributed by atoms with van der Waals surface area (Å²) >= 11 is 0. The maximum atomic E-state index is 13.0. The van der Waals surface area contributed by atoms with E-state index in [4.69, 9.17) is 15.2 Å². The predicted octanol–water partition coefficient (Wildman–Crippen LogP) is 0.415. The Bertz CT molecular complexity index is 1330. The summed E-state index contributed by atoms with van der Waals surface area (Å²) < 4.78 is 11.1. The minimum absolute atomic E-state index is 0.00906. The molecule has 0 fully saturated rings. The van der Waals surface area contributed by atoms with E-state index in [2.05, 4.69) is 4.98 Å². The predicted molar refractivity (Wildman–Crippen MR) is 126 cm³/mol. The second-order valence-electron chi connectivity index (χ2n) is 7.38. The molecule has 0 bridgehead atoms. The van der Waals surface area contributed by atoms with Gasteiger partial charge in [-0.3, -0.25) is 24.0 Å². The highest BCUT2D eigenvalue weighted by Crippen LogP contribution is 2.23. The number of amides is 1. The molecular formula is C23H24N4O8. The Hall–Kier alpha value is -4.58. The van der Waals surface area contributed by atoms with Crippen molar-refractivity contribution < 1.29 is 29.3 Å². The first-order valence-electron chi connectivity index (χ1n) is 10.4. The molecule has 0 aliphatic heterocycles. The van der Waals surface area contributed by atoms with Crippen LogP contribution in [0.3, 0.4) is 0 Å². The standard InChI is InChI=1S/C23H24N4O8/c1-34-10-9-26(18(30)13-35-22(32)16-8-7-15(28)11-17(16)29)19-20(24)27(23(33)25-21(19)31)12-14-5-3-2-4-6-14/h2-8,11,28-29H,9-10,12-13,24H2,1H3,(H,25,31,33). The monoisotopic (exact) mass is 484 g/mol. The molecule has 0 saturated heterocycles. The molecule has 1 heterocycles. The van der Waals surface area contributed by atoms with Crippen LogP contribution in [0.1, 0.15) is 15.9 Å². The number of rotatable bonds is 9. The summed E-state index contributed by atoms with van der Waals surface area (Å²) in [4.78, 5) is 53.5. The number of ether oxygens (including phenoxy) is 2. The average molecular weight is 484 g/mol. The molecule has 0 spiro atoms. The lowest BCUT2D eigenvalue weighted by atomic mass is 10.2. The van der Waals surface area contributed by atoms with Crippen molar-refractivity contribution in [3.8, 4) is 11.5 Å². The van der Waals surface area contributed by atoms with Crippen LogP contribution >= 0.6 is 0 Å². The lowest BCUT2D eigenvalue weighted by Crippen LogP contribution is -2.44. The second-order valence-corrected chi connectivity index (χ2v) is 7.38. The summed E-state index contributed by atoms with van der Waals surface area (Å²) in [7, 11) is 1.39. The molecule has 0 aliphatic rings. The number of hydrogen-bond acceptors (Lipinski definition) is 9. The molecule has 3 aromatic rings. The number of carbonyl (C=O) groups is 2. The van der Waals surface area contributed by atoms with Gasteiger partial charge in [0.1, 0.15) is 22.9 Å². The van der Waals surface area contributed by atoms with E-state index in [9.17, 15) is 29.4 Å². The Morgan fingerprint density at radius 1 is 1.11 bits per heavy atom. The number of methoxy groups -OCH3 is 1. The van der Waals surface area contributed by atoms with Gasteiger partial charge in [-0.2, -0.15) is 0 Å². The van der Waals surface area contributed by atoms with Crippen molar-refractivity contribution in [3.63, 3.8) is 0 Å². The van der Waals surface area contributed by atoms with Gasteiger partial charge in [0.2, 0.25) is 0 Å². The maximum absolute atomic E-state index is 13.0. The molecule has 12 heteroatoms. The molecular weight excluding hydrogens is 460 g/mol. The number of nitrogen functional groups attached to an aromatic ring is 1. The van der Waals surface area contributed by atoms with E-state index in [1.165, 1.54) is 13.2 Å². The minimum Gasteiger partial charge on any atom is -0.508 e. The molecule has 3 rings (SSSR count). The van der Waals surface area contributed by atoms with Crippen LogP contribution in [0.2, 0.25) is 0 Å². The Labute approximate surface area is 198 Å². The SMILES string of the molecule is COCCN(C(=O)COC(=O)c1ccc(O)cc1O)c1c(N)n(Cc2ccccc2)c(=O)[nH]c1=O. The van der Waals surface area contributed by atoms with E-state index in [1.807, 2.05) is 0 Å². The summed E-state index contributed by atoms with van der Waals surface area (Å²) in [6, 6.07) is 12.1. The number of phenolic OH excluding ortho intramolecular Hbond substituents is 2. The third-order valence-electron chi connectivity index (χ3n) is 5.02. The van der Waals surface area contributed by atoms with Gasteiger partial charge in [-0.15, -0.1) is 0 Å². The normalized spacial score (nSPS) is 10.7. The zero-order valence-corrected chi connectivity index (χ0v) is 18.8. The molecule has 184 valence electrons. The first-order chi connectivity index (χ1) is 16.7. The number of phenols is 2. The molecule has 1 aromatic heterocycles. The highest BCUT2D eigenvalue weighted by molar-refractivity contribution is 5.99. The lowest BCUT2D eigenvalue weighted by molar-refractivity contribution is -0.121. The van der Waals surface area contributed by atoms with Gasteiger partial charge < -0.3 is 25.4 Å². The summed E-state index contributed by atoms with van der Waals surface area (Å²) in [5.74, 6) is -2.91. The van der Waals surface area contributed by atoms with E-state index in [-0.39, 0.29) is 42.5 Å². The van der Waals surface area contributed by atoms with E-state index in [0.717, 1.165) is 27.2 Å². The smallest absolute Gasteiger partial charge is 0.342 e. The third kappa shape index (κ3) is 5.86. The Kier molecular flexibility index (Phi) is 7.89. The summed E-state index contributed by atoms with van der Waals surface area (Å²) in [5, 5.41) is 19.2. The minimum atomic E-state index is -1.03. The Balaban J connectivity index is 1.90. The Morgan fingerprint density at radius 2 is 1.83 bits per heavy atom. The van der Waals surface area contributed by atoms with E-state index < -0.39 is 35.5 Å². The van der Waals surface area contributed by atoms with Crippen molar-refractivity contribution >= 4 is 23.4 Å². The number of aromatic amines is 1. The molecule has 1 amide bonds. The maximum Gasteiger partial charge on any atom is 0.342 e. The molecule has 0 atom stereocenters. The van der Waals surface area contributed by atoms with Crippen LogP contribution in [0.5, 0.6) is 11.5 Å². The number of nitrogens with one attached hydrogen (secondary N) is 1. The van der Waals surface area contributed by atoms with Gasteiger partial charge in [0.05, 0.1) is 13.2 Å². The third-order valence-corrected chi connectivity index (χ3v) is 5.02. The molecule has 0 radical (unpaired) electrons. The molecule has 2 aromatic carbocycles. The van der Waals surface area contributed by atoms with Crippen LogP contribution < -0.4 is 21.9 Å². The van der Waals surface area contributed by atoms with Crippen molar-refractivity contribution in [1.29, 1.82) is 0 Å². The fourth-order valence-corrected chi connectivity index (χ4v) is 3.28. The number of anilines is 2. The number of H-pyrrole nitrogens is 1. The van der Waals surface area contributed by atoms with Crippen molar-refractivity contribution in [2.45, 2.75) is 6.54 Å². The largest absolute Gasteiger partial charge is 0.508 e. The zero-order chi connectivity index (χ0) is 25.5. The molecule has 12 nitrogen and oxygen atoms in total. The molecule has 0 unspecified atom stereocenters.